The number of anilines is 1. The van der Waals surface area contributed by atoms with Crippen LogP contribution in [0.15, 0.2) is 89.8 Å². The van der Waals surface area contributed by atoms with E-state index in [0.717, 1.165) is 11.3 Å². The summed E-state index contributed by atoms with van der Waals surface area (Å²) in [4.78, 5) is 17.2. The van der Waals surface area contributed by atoms with Gasteiger partial charge in [0.05, 0.1) is 11.4 Å². The third-order valence-electron chi connectivity index (χ3n) is 5.72. The molecule has 6 nitrogen and oxygen atoms in total. The summed E-state index contributed by atoms with van der Waals surface area (Å²) >= 11 is 5.94. The molecular weight excluding hydrogens is 458 g/mol. The number of amides is 1. The number of carbonyl (C=O) groups excluding carboxylic acids is 1. The highest BCUT2D eigenvalue weighted by atomic mass is 35.5. The van der Waals surface area contributed by atoms with Crippen molar-refractivity contribution in [1.29, 1.82) is 0 Å². The first-order valence-corrected chi connectivity index (χ1v) is 12.6. The SMILES string of the molecule is O=C(CN(Cc1ccccc1)S(=O)(=O)c1ccc(Cl)cc1)N1CCN(c2ccccc2)CC1. The maximum Gasteiger partial charge on any atom is 0.243 e. The molecule has 3 aromatic carbocycles. The van der Waals surface area contributed by atoms with E-state index in [1.807, 2.05) is 48.5 Å². The molecule has 4 rings (SSSR count). The van der Waals surface area contributed by atoms with Crippen molar-refractivity contribution < 1.29 is 13.2 Å². The second kappa shape index (κ2) is 10.4. The van der Waals surface area contributed by atoms with E-state index in [1.165, 1.54) is 16.4 Å². The van der Waals surface area contributed by atoms with Crippen LogP contribution in [0.2, 0.25) is 5.02 Å². The van der Waals surface area contributed by atoms with Crippen LogP contribution in [0, 0.1) is 0 Å². The Hall–Kier alpha value is -2.87. The van der Waals surface area contributed by atoms with Gasteiger partial charge in [-0.1, -0.05) is 60.1 Å². The van der Waals surface area contributed by atoms with E-state index in [-0.39, 0.29) is 23.9 Å². The van der Waals surface area contributed by atoms with Gasteiger partial charge in [0.25, 0.3) is 0 Å². The van der Waals surface area contributed by atoms with Crippen LogP contribution in [-0.4, -0.2) is 56.3 Å². The lowest BCUT2D eigenvalue weighted by Crippen LogP contribution is -2.51. The number of para-hydroxylation sites is 1. The van der Waals surface area contributed by atoms with Gasteiger partial charge in [-0.05, 0) is 42.0 Å². The van der Waals surface area contributed by atoms with Gasteiger partial charge in [-0.15, -0.1) is 0 Å². The molecule has 8 heteroatoms. The molecule has 1 saturated heterocycles. The lowest BCUT2D eigenvalue weighted by Gasteiger charge is -2.37. The van der Waals surface area contributed by atoms with E-state index in [0.29, 0.717) is 31.2 Å². The Balaban J connectivity index is 1.49. The van der Waals surface area contributed by atoms with Crippen LogP contribution < -0.4 is 4.90 Å². The van der Waals surface area contributed by atoms with Gasteiger partial charge in [0.15, 0.2) is 0 Å². The van der Waals surface area contributed by atoms with Crippen LogP contribution >= 0.6 is 11.6 Å². The maximum absolute atomic E-state index is 13.4. The third-order valence-corrected chi connectivity index (χ3v) is 7.78. The first kappa shape index (κ1) is 23.3. The zero-order valence-corrected chi connectivity index (χ0v) is 19.8. The van der Waals surface area contributed by atoms with E-state index >= 15 is 0 Å². The third kappa shape index (κ3) is 5.74. The Labute approximate surface area is 200 Å². The van der Waals surface area contributed by atoms with Crippen molar-refractivity contribution in [2.45, 2.75) is 11.4 Å². The van der Waals surface area contributed by atoms with Gasteiger partial charge in [0.2, 0.25) is 15.9 Å². The molecule has 0 saturated carbocycles. The zero-order chi connectivity index (χ0) is 23.3. The molecule has 172 valence electrons. The van der Waals surface area contributed by atoms with Crippen molar-refractivity contribution in [3.63, 3.8) is 0 Å². The average Bonchev–Trinajstić information content (AvgIpc) is 2.85. The lowest BCUT2D eigenvalue weighted by atomic mass is 10.2. The summed E-state index contributed by atoms with van der Waals surface area (Å²) in [6, 6.07) is 25.4. The highest BCUT2D eigenvalue weighted by molar-refractivity contribution is 7.89. The van der Waals surface area contributed by atoms with Crippen LogP contribution in [0.1, 0.15) is 5.56 Å². The summed E-state index contributed by atoms with van der Waals surface area (Å²) in [5, 5.41) is 0.455. The van der Waals surface area contributed by atoms with E-state index in [2.05, 4.69) is 17.0 Å². The number of hydrogen-bond donors (Lipinski definition) is 0. The number of halogens is 1. The molecule has 33 heavy (non-hydrogen) atoms. The van der Waals surface area contributed by atoms with E-state index < -0.39 is 10.0 Å². The number of nitrogens with zero attached hydrogens (tertiary/aromatic N) is 3. The molecule has 3 aromatic rings. The second-order valence-electron chi connectivity index (χ2n) is 7.92. The van der Waals surface area contributed by atoms with E-state index in [4.69, 9.17) is 11.6 Å². The topological polar surface area (TPSA) is 60.9 Å². The molecular formula is C25H26ClN3O3S. The first-order chi connectivity index (χ1) is 15.9. The largest absolute Gasteiger partial charge is 0.368 e. The van der Waals surface area contributed by atoms with Crippen molar-refractivity contribution in [3.8, 4) is 0 Å². The second-order valence-corrected chi connectivity index (χ2v) is 10.3. The molecule has 0 spiro atoms. The minimum Gasteiger partial charge on any atom is -0.368 e. The van der Waals surface area contributed by atoms with Gasteiger partial charge in [-0.2, -0.15) is 4.31 Å². The summed E-state index contributed by atoms with van der Waals surface area (Å²) in [5.41, 5.74) is 1.94. The predicted molar refractivity (Wildman–Crippen MR) is 131 cm³/mol. The summed E-state index contributed by atoms with van der Waals surface area (Å²) < 4.78 is 28.1. The van der Waals surface area contributed by atoms with Gasteiger partial charge >= 0.3 is 0 Å². The Morgan fingerprint density at radius 1 is 0.818 bits per heavy atom. The monoisotopic (exact) mass is 483 g/mol. The molecule has 1 amide bonds. The predicted octanol–water partition coefficient (Wildman–Crippen LogP) is 3.88. The van der Waals surface area contributed by atoms with Crippen molar-refractivity contribution >= 4 is 33.2 Å². The molecule has 0 aromatic heterocycles. The summed E-state index contributed by atoms with van der Waals surface area (Å²) in [6.45, 7) is 2.41. The fraction of sp³-hybridized carbons (Fsp3) is 0.240. The van der Waals surface area contributed by atoms with Crippen molar-refractivity contribution in [2.75, 3.05) is 37.6 Å². The average molecular weight is 484 g/mol. The minimum absolute atomic E-state index is 0.113. The molecule has 0 aliphatic carbocycles. The van der Waals surface area contributed by atoms with Crippen LogP contribution in [0.5, 0.6) is 0 Å². The highest BCUT2D eigenvalue weighted by Crippen LogP contribution is 2.21. The Kier molecular flexibility index (Phi) is 7.33. The molecule has 1 aliphatic rings. The van der Waals surface area contributed by atoms with E-state index in [1.54, 1.807) is 17.0 Å². The number of rotatable bonds is 7. The summed E-state index contributed by atoms with van der Waals surface area (Å²) in [7, 11) is -3.89. The summed E-state index contributed by atoms with van der Waals surface area (Å²) in [5.74, 6) is -0.198. The first-order valence-electron chi connectivity index (χ1n) is 10.8. The minimum atomic E-state index is -3.89. The van der Waals surface area contributed by atoms with Gasteiger partial charge in [0, 0.05) is 43.4 Å². The number of sulfonamides is 1. The molecule has 0 N–H and O–H groups in total. The van der Waals surface area contributed by atoms with E-state index in [9.17, 15) is 13.2 Å². The van der Waals surface area contributed by atoms with Crippen LogP contribution in [0.25, 0.3) is 0 Å². The molecule has 0 bridgehead atoms. The molecule has 1 heterocycles. The maximum atomic E-state index is 13.4. The van der Waals surface area contributed by atoms with Gasteiger partial charge in [-0.3, -0.25) is 4.79 Å². The smallest absolute Gasteiger partial charge is 0.243 e. The van der Waals surface area contributed by atoms with Gasteiger partial charge in [-0.25, -0.2) is 8.42 Å². The number of benzene rings is 3. The van der Waals surface area contributed by atoms with Gasteiger partial charge in [0.1, 0.15) is 0 Å². The quantitative estimate of drug-likeness (QED) is 0.511. The van der Waals surface area contributed by atoms with Crippen molar-refractivity contribution in [2.24, 2.45) is 0 Å². The Morgan fingerprint density at radius 2 is 1.39 bits per heavy atom. The number of hydrogen-bond acceptors (Lipinski definition) is 4. The standard InChI is InChI=1S/C25H26ClN3O3S/c26-22-11-13-24(14-12-22)33(31,32)29(19-21-7-3-1-4-8-21)20-25(30)28-17-15-27(16-18-28)23-9-5-2-6-10-23/h1-14H,15-20H2. The Morgan fingerprint density at radius 3 is 2.00 bits per heavy atom. The molecule has 0 atom stereocenters. The zero-order valence-electron chi connectivity index (χ0n) is 18.2. The fourth-order valence-electron chi connectivity index (χ4n) is 3.87. The highest BCUT2D eigenvalue weighted by Gasteiger charge is 2.30. The van der Waals surface area contributed by atoms with Crippen molar-refractivity contribution in [3.05, 3.63) is 95.5 Å². The molecule has 1 fully saturated rings. The van der Waals surface area contributed by atoms with Crippen LogP contribution in [-0.2, 0) is 21.4 Å². The van der Waals surface area contributed by atoms with Crippen LogP contribution in [0.4, 0.5) is 5.69 Å². The molecule has 1 aliphatic heterocycles. The molecule has 0 radical (unpaired) electrons. The van der Waals surface area contributed by atoms with Crippen molar-refractivity contribution in [1.82, 2.24) is 9.21 Å². The number of piperazine rings is 1. The Bertz CT molecular complexity index is 1160. The number of carbonyl (C=O) groups is 1. The normalized spacial score (nSPS) is 14.5. The van der Waals surface area contributed by atoms with Crippen LogP contribution in [0.3, 0.4) is 0 Å². The molecule has 0 unspecified atom stereocenters. The lowest BCUT2D eigenvalue weighted by molar-refractivity contribution is -0.131. The van der Waals surface area contributed by atoms with Gasteiger partial charge < -0.3 is 9.80 Å². The summed E-state index contributed by atoms with van der Waals surface area (Å²) in [6.07, 6.45) is 0. The fourth-order valence-corrected chi connectivity index (χ4v) is 5.38.